The first-order valence-electron chi connectivity index (χ1n) is 5.69. The van der Waals surface area contributed by atoms with Crippen molar-refractivity contribution in [2.45, 2.75) is 26.7 Å². The molecule has 0 bridgehead atoms. The number of ether oxygens (including phenoxy) is 1. The topological polar surface area (TPSA) is 66.8 Å². The summed E-state index contributed by atoms with van der Waals surface area (Å²) in [5.41, 5.74) is -1.32. The molecule has 0 unspecified atom stereocenters. The van der Waals surface area contributed by atoms with Gasteiger partial charge in [0.15, 0.2) is 5.41 Å². The molecule has 0 atom stereocenters. The van der Waals surface area contributed by atoms with Gasteiger partial charge < -0.3 is 14.7 Å². The maximum absolute atomic E-state index is 11.7. The number of carbonyl (C=O) groups is 2. The third-order valence-corrected chi connectivity index (χ3v) is 3.23. The van der Waals surface area contributed by atoms with Crippen molar-refractivity contribution in [1.82, 2.24) is 4.90 Å². The normalized spacial score (nSPS) is 20.4. The maximum Gasteiger partial charge on any atom is 0.323 e. The van der Waals surface area contributed by atoms with Crippen LogP contribution in [0.3, 0.4) is 0 Å². The third kappa shape index (κ3) is 2.35. The molecule has 0 amide bonds. The Morgan fingerprint density at radius 2 is 1.88 bits per heavy atom. The fourth-order valence-electron chi connectivity index (χ4n) is 2.03. The van der Waals surface area contributed by atoms with Crippen molar-refractivity contribution in [1.29, 1.82) is 0 Å². The molecule has 0 aliphatic carbocycles. The van der Waals surface area contributed by atoms with Crippen LogP contribution in [0.1, 0.15) is 26.7 Å². The SMILES string of the molecule is CCOC(=O)C1(C(=O)O)CCN(CC)CC1. The highest BCUT2D eigenvalue weighted by Crippen LogP contribution is 2.33. The number of carbonyl (C=O) groups excluding carboxylic acids is 1. The van der Waals surface area contributed by atoms with Gasteiger partial charge in [-0.05, 0) is 39.4 Å². The Bertz CT molecular complexity index is 269. The van der Waals surface area contributed by atoms with E-state index in [1.54, 1.807) is 6.92 Å². The first-order chi connectivity index (χ1) is 7.56. The average Bonchev–Trinajstić information content (AvgIpc) is 2.29. The summed E-state index contributed by atoms with van der Waals surface area (Å²) in [5, 5.41) is 9.23. The van der Waals surface area contributed by atoms with Crippen LogP contribution in [0.25, 0.3) is 0 Å². The van der Waals surface area contributed by atoms with E-state index in [2.05, 4.69) is 4.90 Å². The number of hydrogen-bond donors (Lipinski definition) is 1. The van der Waals surface area contributed by atoms with E-state index in [9.17, 15) is 14.7 Å². The van der Waals surface area contributed by atoms with Gasteiger partial charge in [-0.3, -0.25) is 9.59 Å². The zero-order chi connectivity index (χ0) is 12.2. The van der Waals surface area contributed by atoms with Crippen molar-refractivity contribution in [3.8, 4) is 0 Å². The zero-order valence-electron chi connectivity index (χ0n) is 9.86. The Kier molecular flexibility index (Phi) is 4.29. The number of nitrogens with zero attached hydrogens (tertiary/aromatic N) is 1. The molecular formula is C11H19NO4. The number of piperidine rings is 1. The Labute approximate surface area is 95.4 Å². The molecule has 1 heterocycles. The zero-order valence-corrected chi connectivity index (χ0v) is 9.86. The predicted molar refractivity (Wildman–Crippen MR) is 58.0 cm³/mol. The molecule has 1 N–H and O–H groups in total. The number of hydrogen-bond acceptors (Lipinski definition) is 4. The number of carboxylic acids is 1. The van der Waals surface area contributed by atoms with E-state index in [0.29, 0.717) is 25.9 Å². The van der Waals surface area contributed by atoms with Crippen LogP contribution in [0, 0.1) is 5.41 Å². The largest absolute Gasteiger partial charge is 0.480 e. The average molecular weight is 229 g/mol. The Hall–Kier alpha value is -1.10. The molecule has 0 saturated carbocycles. The van der Waals surface area contributed by atoms with E-state index in [1.807, 2.05) is 6.92 Å². The predicted octanol–water partition coefficient (Wildman–Crippen LogP) is 0.736. The lowest BCUT2D eigenvalue weighted by Crippen LogP contribution is -2.49. The lowest BCUT2D eigenvalue weighted by Gasteiger charge is -2.36. The van der Waals surface area contributed by atoms with E-state index < -0.39 is 17.4 Å². The van der Waals surface area contributed by atoms with E-state index in [0.717, 1.165) is 6.54 Å². The lowest BCUT2D eigenvalue weighted by molar-refractivity contribution is -0.172. The van der Waals surface area contributed by atoms with Crippen LogP contribution >= 0.6 is 0 Å². The Morgan fingerprint density at radius 1 is 1.31 bits per heavy atom. The van der Waals surface area contributed by atoms with Gasteiger partial charge in [-0.2, -0.15) is 0 Å². The van der Waals surface area contributed by atoms with Crippen molar-refractivity contribution < 1.29 is 19.4 Å². The quantitative estimate of drug-likeness (QED) is 0.569. The van der Waals surface area contributed by atoms with Gasteiger partial charge >= 0.3 is 11.9 Å². The second-order valence-corrected chi connectivity index (χ2v) is 4.04. The van der Waals surface area contributed by atoms with Gasteiger partial charge in [-0.25, -0.2) is 0 Å². The van der Waals surface area contributed by atoms with Gasteiger partial charge in [0.05, 0.1) is 6.61 Å². The smallest absolute Gasteiger partial charge is 0.323 e. The summed E-state index contributed by atoms with van der Waals surface area (Å²) in [6, 6.07) is 0. The van der Waals surface area contributed by atoms with Crippen LogP contribution in [-0.4, -0.2) is 48.2 Å². The highest BCUT2D eigenvalue weighted by Gasteiger charge is 2.49. The minimum Gasteiger partial charge on any atom is -0.480 e. The molecule has 0 aromatic heterocycles. The van der Waals surface area contributed by atoms with Crippen LogP contribution in [0.5, 0.6) is 0 Å². The summed E-state index contributed by atoms with van der Waals surface area (Å²) in [4.78, 5) is 25.1. The van der Waals surface area contributed by atoms with Crippen LogP contribution in [0.4, 0.5) is 0 Å². The van der Waals surface area contributed by atoms with Gasteiger partial charge in [0.2, 0.25) is 0 Å². The molecule has 1 rings (SSSR count). The molecule has 5 nitrogen and oxygen atoms in total. The second kappa shape index (κ2) is 5.30. The molecule has 0 aromatic rings. The highest BCUT2D eigenvalue weighted by molar-refractivity contribution is 5.99. The molecule has 16 heavy (non-hydrogen) atoms. The first-order valence-corrected chi connectivity index (χ1v) is 5.69. The summed E-state index contributed by atoms with van der Waals surface area (Å²) < 4.78 is 4.88. The summed E-state index contributed by atoms with van der Waals surface area (Å²) in [5.74, 6) is -1.64. The fraction of sp³-hybridized carbons (Fsp3) is 0.818. The maximum atomic E-state index is 11.7. The highest BCUT2D eigenvalue weighted by atomic mass is 16.5. The van der Waals surface area contributed by atoms with Crippen molar-refractivity contribution in [2.24, 2.45) is 5.41 Å². The molecular weight excluding hydrogens is 210 g/mol. The van der Waals surface area contributed by atoms with Crippen LogP contribution in [0.15, 0.2) is 0 Å². The summed E-state index contributed by atoms with van der Waals surface area (Å²) in [7, 11) is 0. The van der Waals surface area contributed by atoms with Crippen molar-refractivity contribution in [2.75, 3.05) is 26.2 Å². The summed E-state index contributed by atoms with van der Waals surface area (Å²) in [6.45, 7) is 6.11. The number of carboxylic acid groups (broad SMARTS) is 1. The summed E-state index contributed by atoms with van der Waals surface area (Å²) in [6.07, 6.45) is 0.685. The Balaban J connectivity index is 2.76. The van der Waals surface area contributed by atoms with Gasteiger partial charge in [-0.15, -0.1) is 0 Å². The number of likely N-dealkylation sites (tertiary alicyclic amines) is 1. The van der Waals surface area contributed by atoms with Gasteiger partial charge in [0.25, 0.3) is 0 Å². The lowest BCUT2D eigenvalue weighted by atomic mass is 9.78. The number of aliphatic carboxylic acids is 1. The minimum atomic E-state index is -1.32. The Morgan fingerprint density at radius 3 is 2.25 bits per heavy atom. The molecule has 1 aliphatic rings. The molecule has 0 aromatic carbocycles. The van der Waals surface area contributed by atoms with Crippen molar-refractivity contribution in [3.63, 3.8) is 0 Å². The van der Waals surface area contributed by atoms with Crippen LogP contribution in [0.2, 0.25) is 0 Å². The molecule has 1 fully saturated rings. The minimum absolute atomic E-state index is 0.228. The second-order valence-electron chi connectivity index (χ2n) is 4.04. The van der Waals surface area contributed by atoms with E-state index in [4.69, 9.17) is 4.74 Å². The standard InChI is InChI=1S/C11H19NO4/c1-3-12-7-5-11(6-8-12,9(13)14)10(15)16-4-2/h3-8H2,1-2H3,(H,13,14). The molecule has 1 saturated heterocycles. The number of esters is 1. The molecule has 0 radical (unpaired) electrons. The first kappa shape index (κ1) is 13.0. The van der Waals surface area contributed by atoms with Gasteiger partial charge in [-0.1, -0.05) is 6.92 Å². The third-order valence-electron chi connectivity index (χ3n) is 3.23. The van der Waals surface area contributed by atoms with Gasteiger partial charge in [0, 0.05) is 0 Å². The van der Waals surface area contributed by atoms with E-state index in [1.165, 1.54) is 0 Å². The fourth-order valence-corrected chi connectivity index (χ4v) is 2.03. The molecule has 5 heteroatoms. The van der Waals surface area contributed by atoms with Gasteiger partial charge in [0.1, 0.15) is 0 Å². The molecule has 0 spiro atoms. The van der Waals surface area contributed by atoms with Crippen molar-refractivity contribution in [3.05, 3.63) is 0 Å². The van der Waals surface area contributed by atoms with Crippen molar-refractivity contribution >= 4 is 11.9 Å². The monoisotopic (exact) mass is 229 g/mol. The van der Waals surface area contributed by atoms with E-state index in [-0.39, 0.29) is 6.61 Å². The molecule has 1 aliphatic heterocycles. The van der Waals surface area contributed by atoms with E-state index >= 15 is 0 Å². The van der Waals surface area contributed by atoms with Crippen LogP contribution in [-0.2, 0) is 14.3 Å². The summed E-state index contributed by atoms with van der Waals surface area (Å²) >= 11 is 0. The molecule has 92 valence electrons. The van der Waals surface area contributed by atoms with Crippen LogP contribution < -0.4 is 0 Å². The number of rotatable bonds is 4.